The highest BCUT2D eigenvalue weighted by Gasteiger charge is 2.24. The maximum absolute atomic E-state index is 13.8. The Morgan fingerprint density at radius 1 is 1.23 bits per heavy atom. The molecular weight excluding hydrogens is 383 g/mol. The number of anilines is 1. The van der Waals surface area contributed by atoms with Crippen LogP contribution in [0.4, 0.5) is 10.1 Å². The Labute approximate surface area is 177 Å². The van der Waals surface area contributed by atoms with Crippen molar-refractivity contribution < 1.29 is 18.7 Å². The summed E-state index contributed by atoms with van der Waals surface area (Å²) in [7, 11) is 1.61. The van der Waals surface area contributed by atoms with Crippen LogP contribution in [0.25, 0.3) is 0 Å². The predicted molar refractivity (Wildman–Crippen MR) is 115 cm³/mol. The summed E-state index contributed by atoms with van der Waals surface area (Å²) < 4.78 is 19.0. The first-order valence-electron chi connectivity index (χ1n) is 10.4. The highest BCUT2D eigenvalue weighted by Crippen LogP contribution is 2.24. The van der Waals surface area contributed by atoms with Crippen LogP contribution < -0.4 is 10.1 Å². The molecule has 6 heteroatoms. The molecule has 1 aliphatic rings. The number of ether oxygens (including phenoxy) is 1. The number of halogens is 1. The number of hydrogen-bond donors (Lipinski definition) is 1. The lowest BCUT2D eigenvalue weighted by atomic mass is 9.92. The molecule has 2 amide bonds. The van der Waals surface area contributed by atoms with Gasteiger partial charge in [0.05, 0.1) is 13.5 Å². The van der Waals surface area contributed by atoms with E-state index >= 15 is 0 Å². The van der Waals surface area contributed by atoms with Crippen LogP contribution in [-0.4, -0.2) is 36.9 Å². The first-order valence-corrected chi connectivity index (χ1v) is 10.4. The standard InChI is InChI=1S/C24H29FN2O3/c1-17-14-20(30-2)10-11-22(17)26-23(28)12-9-18-6-5-13-27(16-18)24(29)15-19-7-3-4-8-21(19)25/h3-4,7-8,10-11,14,18H,5-6,9,12-13,15-16H2,1-2H3,(H,26,28)/t18-/m1/s1. The second kappa shape index (κ2) is 10.2. The average Bonchev–Trinajstić information content (AvgIpc) is 2.75. The molecule has 1 N–H and O–H groups in total. The van der Waals surface area contributed by atoms with Crippen molar-refractivity contribution in [3.05, 3.63) is 59.4 Å². The van der Waals surface area contributed by atoms with Gasteiger partial charge in [-0.05, 0) is 67.5 Å². The number of aryl methyl sites for hydroxylation is 1. The Balaban J connectivity index is 1.48. The van der Waals surface area contributed by atoms with Gasteiger partial charge in [-0.1, -0.05) is 18.2 Å². The first-order chi connectivity index (χ1) is 14.5. The van der Waals surface area contributed by atoms with Crippen LogP contribution in [0.15, 0.2) is 42.5 Å². The second-order valence-electron chi connectivity index (χ2n) is 7.88. The molecule has 1 fully saturated rings. The lowest BCUT2D eigenvalue weighted by molar-refractivity contribution is -0.132. The molecule has 1 saturated heterocycles. The molecule has 2 aromatic rings. The molecule has 0 bridgehead atoms. The quantitative estimate of drug-likeness (QED) is 0.736. The molecule has 160 valence electrons. The van der Waals surface area contributed by atoms with Gasteiger partial charge in [-0.25, -0.2) is 4.39 Å². The largest absolute Gasteiger partial charge is 0.497 e. The van der Waals surface area contributed by atoms with E-state index in [0.717, 1.165) is 36.3 Å². The number of nitrogens with one attached hydrogen (secondary N) is 1. The molecule has 2 aromatic carbocycles. The van der Waals surface area contributed by atoms with Gasteiger partial charge in [0.15, 0.2) is 0 Å². The van der Waals surface area contributed by atoms with Crippen molar-refractivity contribution in [2.75, 3.05) is 25.5 Å². The molecule has 0 radical (unpaired) electrons. The Morgan fingerprint density at radius 2 is 2.03 bits per heavy atom. The molecule has 5 nitrogen and oxygen atoms in total. The number of nitrogens with zero attached hydrogens (tertiary/aromatic N) is 1. The normalized spacial score (nSPS) is 16.2. The fourth-order valence-electron chi connectivity index (χ4n) is 3.90. The zero-order valence-electron chi connectivity index (χ0n) is 17.6. The van der Waals surface area contributed by atoms with E-state index in [1.807, 2.05) is 30.0 Å². The third kappa shape index (κ3) is 5.81. The zero-order valence-corrected chi connectivity index (χ0v) is 17.6. The van der Waals surface area contributed by atoms with Crippen molar-refractivity contribution in [3.8, 4) is 5.75 Å². The van der Waals surface area contributed by atoms with Crippen LogP contribution in [0.2, 0.25) is 0 Å². The fraction of sp³-hybridized carbons (Fsp3) is 0.417. The molecule has 1 heterocycles. The van der Waals surface area contributed by atoms with E-state index < -0.39 is 0 Å². The molecule has 0 unspecified atom stereocenters. The number of carbonyl (C=O) groups is 2. The summed E-state index contributed by atoms with van der Waals surface area (Å²) in [5.41, 5.74) is 2.16. The van der Waals surface area contributed by atoms with Crippen LogP contribution in [0.3, 0.4) is 0 Å². The highest BCUT2D eigenvalue weighted by molar-refractivity contribution is 5.91. The molecular formula is C24H29FN2O3. The van der Waals surface area contributed by atoms with Crippen LogP contribution >= 0.6 is 0 Å². The van der Waals surface area contributed by atoms with Gasteiger partial charge in [0, 0.05) is 25.2 Å². The van der Waals surface area contributed by atoms with E-state index in [1.165, 1.54) is 6.07 Å². The van der Waals surface area contributed by atoms with Gasteiger partial charge >= 0.3 is 0 Å². The number of amides is 2. The van der Waals surface area contributed by atoms with Crippen LogP contribution in [-0.2, 0) is 16.0 Å². The van der Waals surface area contributed by atoms with Crippen LogP contribution in [0, 0.1) is 18.7 Å². The molecule has 0 aliphatic carbocycles. The van der Waals surface area contributed by atoms with Crippen molar-refractivity contribution in [2.45, 2.75) is 39.0 Å². The third-order valence-electron chi connectivity index (χ3n) is 5.66. The Hall–Kier alpha value is -2.89. The van der Waals surface area contributed by atoms with Gasteiger partial charge in [-0.3, -0.25) is 9.59 Å². The molecule has 3 rings (SSSR count). The van der Waals surface area contributed by atoms with E-state index in [4.69, 9.17) is 4.74 Å². The monoisotopic (exact) mass is 412 g/mol. The van der Waals surface area contributed by atoms with Gasteiger partial charge in [0.25, 0.3) is 0 Å². The van der Waals surface area contributed by atoms with Gasteiger partial charge in [0.2, 0.25) is 11.8 Å². The topological polar surface area (TPSA) is 58.6 Å². The van der Waals surface area contributed by atoms with Crippen molar-refractivity contribution in [2.24, 2.45) is 5.92 Å². The Bertz CT molecular complexity index is 900. The fourth-order valence-corrected chi connectivity index (χ4v) is 3.90. The highest BCUT2D eigenvalue weighted by atomic mass is 19.1. The molecule has 0 spiro atoms. The predicted octanol–water partition coefficient (Wildman–Crippen LogP) is 4.34. The number of piperidine rings is 1. The molecule has 1 aliphatic heterocycles. The summed E-state index contributed by atoms with van der Waals surface area (Å²) in [6.45, 7) is 3.25. The lowest BCUT2D eigenvalue weighted by Gasteiger charge is -2.33. The summed E-state index contributed by atoms with van der Waals surface area (Å²) in [4.78, 5) is 26.8. The first kappa shape index (κ1) is 21.8. The van der Waals surface area contributed by atoms with Crippen molar-refractivity contribution in [1.29, 1.82) is 0 Å². The zero-order chi connectivity index (χ0) is 21.5. The van der Waals surface area contributed by atoms with Crippen molar-refractivity contribution in [1.82, 2.24) is 4.90 Å². The molecule has 30 heavy (non-hydrogen) atoms. The lowest BCUT2D eigenvalue weighted by Crippen LogP contribution is -2.41. The number of benzene rings is 2. The number of hydrogen-bond acceptors (Lipinski definition) is 3. The van der Waals surface area contributed by atoms with Crippen molar-refractivity contribution in [3.63, 3.8) is 0 Å². The summed E-state index contributed by atoms with van der Waals surface area (Å²) in [6, 6.07) is 12.0. The summed E-state index contributed by atoms with van der Waals surface area (Å²) >= 11 is 0. The third-order valence-corrected chi connectivity index (χ3v) is 5.66. The smallest absolute Gasteiger partial charge is 0.227 e. The number of carbonyl (C=O) groups excluding carboxylic acids is 2. The maximum atomic E-state index is 13.8. The number of methoxy groups -OCH3 is 1. The Kier molecular flexibility index (Phi) is 7.44. The van der Waals surface area contributed by atoms with Gasteiger partial charge in [-0.2, -0.15) is 0 Å². The maximum Gasteiger partial charge on any atom is 0.227 e. The molecule has 0 aromatic heterocycles. The van der Waals surface area contributed by atoms with Crippen LogP contribution in [0.5, 0.6) is 5.75 Å². The molecule has 0 saturated carbocycles. The van der Waals surface area contributed by atoms with Crippen LogP contribution in [0.1, 0.15) is 36.8 Å². The van der Waals surface area contributed by atoms with Crippen molar-refractivity contribution >= 4 is 17.5 Å². The minimum absolute atomic E-state index is 0.0296. The van der Waals surface area contributed by atoms with Gasteiger partial charge in [-0.15, -0.1) is 0 Å². The summed E-state index contributed by atoms with van der Waals surface area (Å²) in [6.07, 6.45) is 3.12. The van der Waals surface area contributed by atoms with E-state index in [-0.39, 0.29) is 30.0 Å². The number of rotatable bonds is 7. The SMILES string of the molecule is COc1ccc(NC(=O)CC[C@H]2CCCN(C(=O)Cc3ccccc3F)C2)c(C)c1. The average molecular weight is 413 g/mol. The summed E-state index contributed by atoms with van der Waals surface area (Å²) in [5, 5.41) is 2.96. The Morgan fingerprint density at radius 3 is 2.77 bits per heavy atom. The minimum atomic E-state index is -0.343. The summed E-state index contributed by atoms with van der Waals surface area (Å²) in [5.74, 6) is 0.616. The van der Waals surface area contributed by atoms with E-state index in [0.29, 0.717) is 25.1 Å². The van der Waals surface area contributed by atoms with E-state index in [9.17, 15) is 14.0 Å². The van der Waals surface area contributed by atoms with E-state index in [1.54, 1.807) is 25.3 Å². The molecule has 1 atom stereocenters. The van der Waals surface area contributed by atoms with Gasteiger partial charge < -0.3 is 15.0 Å². The van der Waals surface area contributed by atoms with Gasteiger partial charge in [0.1, 0.15) is 11.6 Å². The minimum Gasteiger partial charge on any atom is -0.497 e. The van der Waals surface area contributed by atoms with E-state index in [2.05, 4.69) is 5.32 Å². The second-order valence-corrected chi connectivity index (χ2v) is 7.88. The number of likely N-dealkylation sites (tertiary alicyclic amines) is 1.